The Hall–Kier alpha value is -2.27. The molecular weight excluding hydrogens is 295 g/mol. The van der Waals surface area contributed by atoms with Crippen LogP contribution in [0, 0.1) is 5.95 Å². The third-order valence-corrected chi connectivity index (χ3v) is 3.95. The number of pyridine rings is 1. The van der Waals surface area contributed by atoms with E-state index in [2.05, 4.69) is 10.3 Å². The second-order valence-electron chi connectivity index (χ2n) is 5.41. The Labute approximate surface area is 135 Å². The van der Waals surface area contributed by atoms with Gasteiger partial charge in [-0.25, -0.2) is 4.98 Å². The third kappa shape index (κ3) is 3.74. The lowest BCUT2D eigenvalue weighted by Crippen LogP contribution is -2.43. The van der Waals surface area contributed by atoms with E-state index in [0.29, 0.717) is 11.1 Å². The fourth-order valence-corrected chi connectivity index (χ4v) is 2.39. The Balaban J connectivity index is 2.15. The van der Waals surface area contributed by atoms with Gasteiger partial charge in [-0.1, -0.05) is 44.2 Å². The lowest BCUT2D eigenvalue weighted by Gasteiger charge is -2.26. The van der Waals surface area contributed by atoms with E-state index in [1.165, 1.54) is 6.20 Å². The summed E-state index contributed by atoms with van der Waals surface area (Å²) in [5.74, 6) is -1.16. The fourth-order valence-electron chi connectivity index (χ4n) is 2.39. The molecule has 1 aromatic carbocycles. The zero-order chi connectivity index (χ0) is 16.9. The first kappa shape index (κ1) is 17.1. The number of hydrogen-bond acceptors (Lipinski definition) is 3. The first-order chi connectivity index (χ1) is 11.0. The molecule has 0 spiro atoms. The molecule has 1 heterocycles. The van der Waals surface area contributed by atoms with E-state index in [4.69, 9.17) is 0 Å². The number of carbonyl (C=O) groups is 1. The van der Waals surface area contributed by atoms with Crippen molar-refractivity contribution in [3.8, 4) is 0 Å². The molecule has 2 aromatic rings. The molecule has 4 nitrogen and oxygen atoms in total. The van der Waals surface area contributed by atoms with Gasteiger partial charge < -0.3 is 10.4 Å². The number of carbonyl (C=O) groups excluding carboxylic acids is 1. The summed E-state index contributed by atoms with van der Waals surface area (Å²) >= 11 is 0. The zero-order valence-electron chi connectivity index (χ0n) is 13.3. The van der Waals surface area contributed by atoms with Crippen LogP contribution in [-0.4, -0.2) is 16.0 Å². The normalized spacial score (nSPS) is 13.4. The van der Waals surface area contributed by atoms with Gasteiger partial charge in [-0.05, 0) is 30.0 Å². The predicted octanol–water partition coefficient (Wildman–Crippen LogP) is 2.70. The van der Waals surface area contributed by atoms with E-state index in [9.17, 15) is 14.3 Å². The molecule has 0 aliphatic carbocycles. The van der Waals surface area contributed by atoms with Crippen molar-refractivity contribution in [2.75, 3.05) is 0 Å². The van der Waals surface area contributed by atoms with Crippen LogP contribution >= 0.6 is 0 Å². The van der Waals surface area contributed by atoms with Gasteiger partial charge in [0.15, 0.2) is 5.60 Å². The minimum atomic E-state index is -1.63. The van der Waals surface area contributed by atoms with E-state index >= 15 is 0 Å². The number of hydrogen-bond donors (Lipinski definition) is 2. The molecule has 1 aromatic heterocycles. The van der Waals surface area contributed by atoms with Crippen molar-refractivity contribution in [1.82, 2.24) is 10.3 Å². The molecule has 0 aliphatic rings. The number of nitrogens with one attached hydrogen (secondary N) is 1. The topological polar surface area (TPSA) is 62.2 Å². The second-order valence-corrected chi connectivity index (χ2v) is 5.41. The number of nitrogens with zero attached hydrogens (tertiary/aromatic N) is 1. The summed E-state index contributed by atoms with van der Waals surface area (Å²) in [7, 11) is 0. The first-order valence-electron chi connectivity index (χ1n) is 7.70. The van der Waals surface area contributed by atoms with Crippen molar-refractivity contribution in [3.05, 3.63) is 65.2 Å². The van der Waals surface area contributed by atoms with Crippen LogP contribution in [0.4, 0.5) is 4.39 Å². The van der Waals surface area contributed by atoms with Crippen LogP contribution in [0.1, 0.15) is 37.0 Å². The molecule has 0 unspecified atom stereocenters. The number of halogens is 1. The maximum absolute atomic E-state index is 13.7. The Morgan fingerprint density at radius 2 is 2.00 bits per heavy atom. The molecule has 5 heteroatoms. The highest BCUT2D eigenvalue weighted by Gasteiger charge is 2.35. The van der Waals surface area contributed by atoms with Crippen LogP contribution < -0.4 is 5.32 Å². The van der Waals surface area contributed by atoms with Crippen LogP contribution in [0.25, 0.3) is 0 Å². The molecule has 1 atom stereocenters. The summed E-state index contributed by atoms with van der Waals surface area (Å²) in [6.07, 6.45) is 2.43. The molecule has 0 fully saturated rings. The maximum Gasteiger partial charge on any atom is 0.256 e. The van der Waals surface area contributed by atoms with Crippen molar-refractivity contribution >= 4 is 5.91 Å². The van der Waals surface area contributed by atoms with Crippen LogP contribution in [0.2, 0.25) is 0 Å². The lowest BCUT2D eigenvalue weighted by molar-refractivity contribution is -0.141. The third-order valence-electron chi connectivity index (χ3n) is 3.95. The van der Waals surface area contributed by atoms with Crippen LogP contribution in [0.3, 0.4) is 0 Å². The van der Waals surface area contributed by atoms with Gasteiger partial charge in [0.05, 0.1) is 0 Å². The molecule has 1 amide bonds. The van der Waals surface area contributed by atoms with Crippen molar-refractivity contribution in [3.63, 3.8) is 0 Å². The van der Waals surface area contributed by atoms with Gasteiger partial charge >= 0.3 is 0 Å². The van der Waals surface area contributed by atoms with Crippen molar-refractivity contribution in [1.29, 1.82) is 0 Å². The van der Waals surface area contributed by atoms with Crippen LogP contribution in [-0.2, 0) is 23.4 Å². The number of amides is 1. The second kappa shape index (κ2) is 7.33. The Morgan fingerprint density at radius 1 is 1.30 bits per heavy atom. The van der Waals surface area contributed by atoms with Gasteiger partial charge in [-0.3, -0.25) is 4.79 Å². The zero-order valence-corrected chi connectivity index (χ0v) is 13.3. The number of aryl methyl sites for hydroxylation is 1. The Morgan fingerprint density at radius 3 is 2.61 bits per heavy atom. The quantitative estimate of drug-likeness (QED) is 0.806. The highest BCUT2D eigenvalue weighted by Crippen LogP contribution is 2.25. The summed E-state index contributed by atoms with van der Waals surface area (Å²) in [4.78, 5) is 16.1. The maximum atomic E-state index is 13.7. The molecule has 0 saturated carbocycles. The van der Waals surface area contributed by atoms with E-state index in [0.717, 1.165) is 12.0 Å². The van der Waals surface area contributed by atoms with Crippen molar-refractivity contribution in [2.24, 2.45) is 0 Å². The summed E-state index contributed by atoms with van der Waals surface area (Å²) in [5, 5.41) is 13.3. The fraction of sp³-hybridized carbons (Fsp3) is 0.333. The average molecular weight is 316 g/mol. The summed E-state index contributed by atoms with van der Waals surface area (Å²) in [6.45, 7) is 3.66. The molecule has 0 bridgehead atoms. The number of rotatable bonds is 6. The molecule has 0 radical (unpaired) electrons. The number of aromatic nitrogens is 1. The number of aliphatic hydroxyl groups is 1. The first-order valence-corrected chi connectivity index (χ1v) is 7.70. The molecule has 122 valence electrons. The van der Waals surface area contributed by atoms with E-state index in [1.54, 1.807) is 37.3 Å². The van der Waals surface area contributed by atoms with Crippen molar-refractivity contribution in [2.45, 2.75) is 38.8 Å². The minimum absolute atomic E-state index is 0.0132. The van der Waals surface area contributed by atoms with E-state index in [-0.39, 0.29) is 13.0 Å². The van der Waals surface area contributed by atoms with Gasteiger partial charge in [0, 0.05) is 18.3 Å². The van der Waals surface area contributed by atoms with Gasteiger partial charge in [-0.2, -0.15) is 4.39 Å². The Bertz CT molecular complexity index is 676. The van der Waals surface area contributed by atoms with Gasteiger partial charge in [0.2, 0.25) is 5.95 Å². The number of benzene rings is 1. The Kier molecular flexibility index (Phi) is 5.45. The highest BCUT2D eigenvalue weighted by atomic mass is 19.1. The van der Waals surface area contributed by atoms with E-state index < -0.39 is 17.5 Å². The average Bonchev–Trinajstić information content (AvgIpc) is 2.60. The van der Waals surface area contributed by atoms with Gasteiger partial charge in [0.25, 0.3) is 5.91 Å². The molecule has 2 N–H and O–H groups in total. The standard InChI is InChI=1S/C18H21FN2O2/c1-3-13-10-14(16(19)20-11-13)12-21-17(22)18(23,4-2)15-8-6-5-7-9-15/h5-11,23H,3-4,12H2,1-2H3,(H,21,22)/t18-/m1/s1. The monoisotopic (exact) mass is 316 g/mol. The summed E-state index contributed by atoms with van der Waals surface area (Å²) in [6, 6.07) is 10.4. The largest absolute Gasteiger partial charge is 0.375 e. The lowest BCUT2D eigenvalue weighted by atomic mass is 9.90. The van der Waals surface area contributed by atoms with E-state index in [1.807, 2.05) is 13.0 Å². The predicted molar refractivity (Wildman–Crippen MR) is 86.0 cm³/mol. The van der Waals surface area contributed by atoms with Gasteiger partial charge in [0.1, 0.15) is 0 Å². The van der Waals surface area contributed by atoms with Gasteiger partial charge in [-0.15, -0.1) is 0 Å². The molecule has 0 saturated heterocycles. The highest BCUT2D eigenvalue weighted by molar-refractivity contribution is 5.86. The summed E-state index contributed by atoms with van der Waals surface area (Å²) < 4.78 is 13.7. The summed E-state index contributed by atoms with van der Waals surface area (Å²) in [5.41, 5.74) is 0.0858. The molecular formula is C18H21FN2O2. The molecule has 2 rings (SSSR count). The SMILES string of the molecule is CCc1cnc(F)c(CNC(=O)[C@@](O)(CC)c2ccccc2)c1. The molecule has 0 aliphatic heterocycles. The van der Waals surface area contributed by atoms with Crippen molar-refractivity contribution < 1.29 is 14.3 Å². The smallest absolute Gasteiger partial charge is 0.256 e. The minimum Gasteiger partial charge on any atom is -0.375 e. The van der Waals surface area contributed by atoms with Crippen LogP contribution in [0.5, 0.6) is 0 Å². The molecule has 23 heavy (non-hydrogen) atoms. The van der Waals surface area contributed by atoms with Crippen LogP contribution in [0.15, 0.2) is 42.6 Å².